The van der Waals surface area contributed by atoms with E-state index < -0.39 is 0 Å². The van der Waals surface area contributed by atoms with E-state index in [1.165, 1.54) is 12.8 Å². The molecule has 0 bridgehead atoms. The van der Waals surface area contributed by atoms with E-state index in [9.17, 15) is 0 Å². The van der Waals surface area contributed by atoms with Gasteiger partial charge >= 0.3 is 0 Å². The summed E-state index contributed by atoms with van der Waals surface area (Å²) in [5.41, 5.74) is 0. The maximum absolute atomic E-state index is 3.58. The molecule has 0 saturated carbocycles. The van der Waals surface area contributed by atoms with E-state index in [0.29, 0.717) is 0 Å². The van der Waals surface area contributed by atoms with Gasteiger partial charge in [0.1, 0.15) is 0 Å². The Morgan fingerprint density at radius 1 is 0.382 bits per heavy atom. The van der Waals surface area contributed by atoms with Crippen LogP contribution < -0.4 is 42.5 Å². The molecule has 0 aliphatic carbocycles. The first-order chi connectivity index (χ1) is 16.9. The van der Waals surface area contributed by atoms with Crippen molar-refractivity contribution < 1.29 is 0 Å². The molecular formula is C22H52N10S2. The van der Waals surface area contributed by atoms with Crippen LogP contribution in [0.3, 0.4) is 0 Å². The molecule has 8 N–H and O–H groups in total. The molecule has 34 heavy (non-hydrogen) atoms. The molecule has 2 fully saturated rings. The molecule has 0 unspecified atom stereocenters. The first kappa shape index (κ1) is 30.5. The lowest BCUT2D eigenvalue weighted by molar-refractivity contribution is 0.247. The van der Waals surface area contributed by atoms with Gasteiger partial charge in [-0.1, -0.05) is 21.6 Å². The summed E-state index contributed by atoms with van der Waals surface area (Å²) < 4.78 is 0. The molecule has 202 valence electrons. The molecule has 0 radical (unpaired) electrons. The number of nitrogens with zero attached hydrogens (tertiary/aromatic N) is 2. The van der Waals surface area contributed by atoms with Gasteiger partial charge in [-0.25, -0.2) is 0 Å². The Balaban J connectivity index is 1.55. The van der Waals surface area contributed by atoms with E-state index in [-0.39, 0.29) is 0 Å². The van der Waals surface area contributed by atoms with E-state index in [2.05, 4.69) is 52.3 Å². The van der Waals surface area contributed by atoms with Gasteiger partial charge < -0.3 is 42.5 Å². The van der Waals surface area contributed by atoms with Crippen molar-refractivity contribution in [3.05, 3.63) is 0 Å². The van der Waals surface area contributed by atoms with Gasteiger partial charge in [0.25, 0.3) is 0 Å². The quantitative estimate of drug-likeness (QED) is 0.145. The van der Waals surface area contributed by atoms with Crippen molar-refractivity contribution in [2.45, 2.75) is 12.8 Å². The summed E-state index contributed by atoms with van der Waals surface area (Å²) in [4.78, 5) is 4.97. The smallest absolute Gasteiger partial charge is 0.0493 e. The molecule has 2 aliphatic heterocycles. The van der Waals surface area contributed by atoms with Crippen LogP contribution in [-0.2, 0) is 0 Å². The number of nitrogens with one attached hydrogen (secondary N) is 8. The fraction of sp³-hybridized carbons (Fsp3) is 1.00. The minimum Gasteiger partial charge on any atom is -0.315 e. The van der Waals surface area contributed by atoms with Crippen LogP contribution in [0.15, 0.2) is 0 Å². The zero-order valence-electron chi connectivity index (χ0n) is 21.3. The third kappa shape index (κ3) is 18.6. The largest absolute Gasteiger partial charge is 0.315 e. The Kier molecular flexibility index (Phi) is 21.3. The van der Waals surface area contributed by atoms with Crippen LogP contribution in [0.1, 0.15) is 12.8 Å². The van der Waals surface area contributed by atoms with Gasteiger partial charge in [0.15, 0.2) is 0 Å². The van der Waals surface area contributed by atoms with Crippen molar-refractivity contribution in [1.29, 1.82) is 0 Å². The van der Waals surface area contributed by atoms with Crippen LogP contribution in [0.4, 0.5) is 0 Å². The lowest BCUT2D eigenvalue weighted by atomic mass is 10.4. The number of hydrogen-bond acceptors (Lipinski definition) is 12. The Bertz CT molecular complexity index is 372. The van der Waals surface area contributed by atoms with Crippen LogP contribution >= 0.6 is 21.6 Å². The predicted molar refractivity (Wildman–Crippen MR) is 151 cm³/mol. The van der Waals surface area contributed by atoms with Gasteiger partial charge in [0.05, 0.1) is 0 Å². The second-order valence-electron chi connectivity index (χ2n) is 8.77. The summed E-state index contributed by atoms with van der Waals surface area (Å²) in [5, 5.41) is 28.4. The van der Waals surface area contributed by atoms with Crippen molar-refractivity contribution in [2.24, 2.45) is 0 Å². The molecule has 2 heterocycles. The van der Waals surface area contributed by atoms with Crippen molar-refractivity contribution in [3.63, 3.8) is 0 Å². The van der Waals surface area contributed by atoms with E-state index in [0.717, 1.165) is 130 Å². The Morgan fingerprint density at radius 2 is 0.676 bits per heavy atom. The summed E-state index contributed by atoms with van der Waals surface area (Å²) >= 11 is 0. The van der Waals surface area contributed by atoms with E-state index in [4.69, 9.17) is 0 Å². The molecule has 12 heteroatoms. The predicted octanol–water partition coefficient (Wildman–Crippen LogP) is -1.67. The molecule has 0 atom stereocenters. The highest BCUT2D eigenvalue weighted by Gasteiger charge is 2.07. The summed E-state index contributed by atoms with van der Waals surface area (Å²) in [6, 6.07) is 0. The Hall–Kier alpha value is 0.300. The van der Waals surface area contributed by atoms with Gasteiger partial charge in [-0.3, -0.25) is 9.80 Å². The van der Waals surface area contributed by atoms with E-state index in [1.54, 1.807) is 0 Å². The van der Waals surface area contributed by atoms with Gasteiger partial charge in [-0.05, 0) is 39.0 Å². The topological polar surface area (TPSA) is 103 Å². The highest BCUT2D eigenvalue weighted by atomic mass is 33.1. The molecule has 0 aromatic carbocycles. The Labute approximate surface area is 216 Å². The summed E-state index contributed by atoms with van der Waals surface area (Å²) in [6.45, 7) is 18.6. The maximum atomic E-state index is 3.58. The first-order valence-corrected chi connectivity index (χ1v) is 15.8. The third-order valence-electron chi connectivity index (χ3n) is 5.74. The number of hydrogen-bond donors (Lipinski definition) is 8. The van der Waals surface area contributed by atoms with Crippen molar-refractivity contribution in [3.8, 4) is 0 Å². The molecule has 2 aliphatic rings. The molecule has 0 amide bonds. The van der Waals surface area contributed by atoms with Crippen LogP contribution in [-0.4, -0.2) is 140 Å². The monoisotopic (exact) mass is 520 g/mol. The van der Waals surface area contributed by atoms with Crippen molar-refractivity contribution >= 4 is 21.6 Å². The van der Waals surface area contributed by atoms with Crippen LogP contribution in [0, 0.1) is 0 Å². The minimum absolute atomic E-state index is 0.947. The second kappa shape index (κ2) is 23.7. The summed E-state index contributed by atoms with van der Waals surface area (Å²) in [7, 11) is 4.01. The van der Waals surface area contributed by atoms with Gasteiger partial charge in [-0.2, -0.15) is 0 Å². The molecule has 2 rings (SSSR count). The fourth-order valence-electron chi connectivity index (χ4n) is 3.71. The minimum atomic E-state index is 0.947. The second-order valence-corrected chi connectivity index (χ2v) is 11.5. The van der Waals surface area contributed by atoms with Crippen LogP contribution in [0.2, 0.25) is 0 Å². The zero-order chi connectivity index (χ0) is 23.8. The van der Waals surface area contributed by atoms with E-state index in [1.807, 2.05) is 21.6 Å². The first-order valence-electron chi connectivity index (χ1n) is 13.3. The van der Waals surface area contributed by atoms with E-state index >= 15 is 0 Å². The summed E-state index contributed by atoms with van der Waals surface area (Å²) in [5.74, 6) is 2.30. The van der Waals surface area contributed by atoms with Crippen LogP contribution in [0.25, 0.3) is 0 Å². The lowest BCUT2D eigenvalue weighted by Crippen LogP contribution is -2.45. The normalized spacial score (nSPS) is 23.6. The third-order valence-corrected chi connectivity index (χ3v) is 8.10. The average Bonchev–Trinajstić information content (AvgIpc) is 2.85. The molecular weight excluding hydrogens is 468 g/mol. The SMILES string of the molecule is C1CNCCNCN(CCSSCCN2CNCCNCCCNCCNC2)CNCCNC1. The van der Waals surface area contributed by atoms with Gasteiger partial charge in [0, 0.05) is 104 Å². The molecule has 0 aromatic rings. The average molecular weight is 521 g/mol. The zero-order valence-corrected chi connectivity index (χ0v) is 22.9. The molecule has 10 nitrogen and oxygen atoms in total. The highest BCUT2D eigenvalue weighted by molar-refractivity contribution is 8.76. The summed E-state index contributed by atoms with van der Waals surface area (Å²) in [6.07, 6.45) is 2.39. The molecule has 0 aromatic heterocycles. The maximum Gasteiger partial charge on any atom is 0.0493 e. The number of rotatable bonds is 7. The van der Waals surface area contributed by atoms with Crippen LogP contribution in [0.5, 0.6) is 0 Å². The molecule has 0 spiro atoms. The van der Waals surface area contributed by atoms with Crippen molar-refractivity contribution in [2.75, 3.05) is 130 Å². The fourth-order valence-corrected chi connectivity index (χ4v) is 5.77. The Morgan fingerprint density at radius 3 is 1.00 bits per heavy atom. The van der Waals surface area contributed by atoms with Gasteiger partial charge in [-0.15, -0.1) is 0 Å². The molecule has 2 saturated heterocycles. The standard InChI is InChI=1S/C22H52N10S2/c1-3-23-7-11-27-19-31(20-28-12-8-24-4-1)15-17-33-34-18-16-32-21-29-13-9-25-5-2-6-26-10-14-30-22-32/h23-30H,1-22H2. The van der Waals surface area contributed by atoms with Gasteiger partial charge in [0.2, 0.25) is 0 Å². The lowest BCUT2D eigenvalue weighted by Gasteiger charge is -2.24. The van der Waals surface area contributed by atoms with Crippen molar-refractivity contribution in [1.82, 2.24) is 52.3 Å². The highest BCUT2D eigenvalue weighted by Crippen LogP contribution is 2.20.